The van der Waals surface area contributed by atoms with Crippen molar-refractivity contribution in [2.75, 3.05) is 39.2 Å². The summed E-state index contributed by atoms with van der Waals surface area (Å²) >= 11 is 0. The van der Waals surface area contributed by atoms with E-state index < -0.39 is 17.9 Å². The Balaban J connectivity index is 1.16. The van der Waals surface area contributed by atoms with Crippen molar-refractivity contribution in [1.82, 2.24) is 30.5 Å². The number of anilines is 1. The number of nitrogens with zero attached hydrogens (tertiary/aromatic N) is 2. The third-order valence-corrected chi connectivity index (χ3v) is 8.23. The van der Waals surface area contributed by atoms with Gasteiger partial charge in [-0.25, -0.2) is 4.98 Å². The molecule has 0 aliphatic heterocycles. The monoisotopic (exact) mass is 665 g/mol. The van der Waals surface area contributed by atoms with E-state index in [1.54, 1.807) is 37.2 Å². The summed E-state index contributed by atoms with van der Waals surface area (Å²) in [5.41, 5.74) is 5.61. The molecule has 0 saturated carbocycles. The maximum absolute atomic E-state index is 13.3. The quantitative estimate of drug-likeness (QED) is 0.0740. The minimum absolute atomic E-state index is 0.0120. The van der Waals surface area contributed by atoms with E-state index in [1.165, 1.54) is 18.9 Å². The number of fused-ring (bicyclic) bond motifs is 1. The number of hydrogen-bond acceptors (Lipinski definition) is 9. The number of aryl methyl sites for hydroxylation is 1. The zero-order valence-electron chi connectivity index (χ0n) is 28.0. The van der Waals surface area contributed by atoms with Crippen LogP contribution in [0.3, 0.4) is 0 Å². The number of aromatic amines is 1. The zero-order valence-corrected chi connectivity index (χ0v) is 28.0. The number of ether oxygens (including phenoxy) is 2. The lowest BCUT2D eigenvalue weighted by atomic mass is 10.0. The van der Waals surface area contributed by atoms with E-state index in [0.29, 0.717) is 29.9 Å². The van der Waals surface area contributed by atoms with Gasteiger partial charge in [0.15, 0.2) is 5.95 Å². The van der Waals surface area contributed by atoms with Crippen LogP contribution >= 0.6 is 0 Å². The number of amides is 1. The second-order valence-corrected chi connectivity index (χ2v) is 11.7. The van der Waals surface area contributed by atoms with Crippen LogP contribution in [-0.2, 0) is 41.0 Å². The highest BCUT2D eigenvalue weighted by molar-refractivity contribution is 5.97. The highest BCUT2D eigenvalue weighted by Gasteiger charge is 2.22. The molecule has 12 nitrogen and oxygen atoms in total. The van der Waals surface area contributed by atoms with E-state index in [-0.39, 0.29) is 17.5 Å². The fourth-order valence-corrected chi connectivity index (χ4v) is 5.46. The Labute approximate surface area is 285 Å². The summed E-state index contributed by atoms with van der Waals surface area (Å²) in [6, 6.07) is 21.2. The molecule has 12 heteroatoms. The number of rotatable bonds is 17. The maximum Gasteiger partial charge on any atom is 0.324 e. The van der Waals surface area contributed by atoms with Crippen molar-refractivity contribution in [3.05, 3.63) is 118 Å². The first-order valence-corrected chi connectivity index (χ1v) is 16.2. The molecule has 0 radical (unpaired) electrons. The summed E-state index contributed by atoms with van der Waals surface area (Å²) < 4.78 is 11.8. The van der Waals surface area contributed by atoms with Crippen LogP contribution in [0.15, 0.2) is 90.1 Å². The highest BCUT2D eigenvalue weighted by Crippen LogP contribution is 2.21. The molecule has 5 aromatic rings. The fourth-order valence-electron chi connectivity index (χ4n) is 5.46. The number of carbonyl (C=O) groups is 2. The number of nitrogens with one attached hydrogen (secondary N) is 5. The van der Waals surface area contributed by atoms with Crippen molar-refractivity contribution in [1.29, 1.82) is 0 Å². The van der Waals surface area contributed by atoms with Crippen LogP contribution in [0.1, 0.15) is 33.5 Å². The molecule has 0 aliphatic carbocycles. The third kappa shape index (κ3) is 9.41. The number of pyridine rings is 1. The molecule has 2 heterocycles. The summed E-state index contributed by atoms with van der Waals surface area (Å²) in [4.78, 5) is 46.3. The average Bonchev–Trinajstić information content (AvgIpc) is 3.66. The van der Waals surface area contributed by atoms with Crippen LogP contribution in [0.25, 0.3) is 22.0 Å². The van der Waals surface area contributed by atoms with Crippen LogP contribution in [0.2, 0.25) is 0 Å². The molecule has 3 aromatic carbocycles. The lowest BCUT2D eigenvalue weighted by molar-refractivity contribution is -0.143. The average molecular weight is 666 g/mol. The van der Waals surface area contributed by atoms with Crippen molar-refractivity contribution >= 4 is 28.7 Å². The molecule has 0 fully saturated rings. The number of aromatic nitrogens is 3. The van der Waals surface area contributed by atoms with E-state index >= 15 is 0 Å². The molecule has 49 heavy (non-hydrogen) atoms. The van der Waals surface area contributed by atoms with Gasteiger partial charge in [-0.2, -0.15) is 0 Å². The molecule has 5 N–H and O–H groups in total. The molecule has 5 rings (SSSR count). The largest absolute Gasteiger partial charge is 0.468 e. The van der Waals surface area contributed by atoms with Crippen LogP contribution in [0, 0.1) is 0 Å². The summed E-state index contributed by atoms with van der Waals surface area (Å²) in [5, 5.41) is 12.9. The summed E-state index contributed by atoms with van der Waals surface area (Å²) in [5.74, 6) is -0.444. The van der Waals surface area contributed by atoms with Crippen molar-refractivity contribution in [2.24, 2.45) is 7.05 Å². The Hall–Kier alpha value is -5.30. The molecule has 1 amide bonds. The summed E-state index contributed by atoms with van der Waals surface area (Å²) in [6.45, 7) is 3.29. The molecule has 0 saturated heterocycles. The minimum Gasteiger partial charge on any atom is -0.468 e. The van der Waals surface area contributed by atoms with Crippen molar-refractivity contribution in [2.45, 2.75) is 32.1 Å². The second kappa shape index (κ2) is 17.2. The van der Waals surface area contributed by atoms with Gasteiger partial charge in [0.05, 0.1) is 12.6 Å². The van der Waals surface area contributed by atoms with Gasteiger partial charge in [-0.15, -0.1) is 0 Å². The molecule has 0 spiro atoms. The van der Waals surface area contributed by atoms with Gasteiger partial charge in [-0.05, 0) is 52.9 Å². The highest BCUT2D eigenvalue weighted by atomic mass is 16.5. The zero-order chi connectivity index (χ0) is 34.6. The third-order valence-electron chi connectivity index (χ3n) is 8.23. The van der Waals surface area contributed by atoms with E-state index in [1.807, 2.05) is 36.4 Å². The lowest BCUT2D eigenvalue weighted by Crippen LogP contribution is -2.47. The minimum atomic E-state index is -0.821. The first-order valence-electron chi connectivity index (χ1n) is 16.2. The van der Waals surface area contributed by atoms with Gasteiger partial charge in [0, 0.05) is 70.9 Å². The molecule has 0 bridgehead atoms. The van der Waals surface area contributed by atoms with Gasteiger partial charge in [0.1, 0.15) is 11.6 Å². The SMILES string of the molecule is COCCCNCc1ccc(-c2ccc(CNC(CNC(=O)c3cn(C)c4cc(CNc5ncc[nH]5)ccc4c3=O)C(=O)OC)cc2)cc1. The number of esters is 1. The standard InChI is InChI=1S/C37H43N7O5/c1-44-24-31(34(45)30-14-9-27(19-33(30)44)22-43-37-39-16-17-40-37)35(46)42-23-32(36(47)49-3)41-21-26-7-12-29(13-8-26)28-10-5-25(6-11-28)20-38-15-4-18-48-2/h5-14,16-17,19,24,32,38,41H,4,15,18,20-23H2,1-3H3,(H,42,46)(H2,39,40,43). The molecule has 2 aromatic heterocycles. The van der Waals surface area contributed by atoms with E-state index in [4.69, 9.17) is 9.47 Å². The molecular formula is C37H43N7O5. The Kier molecular flexibility index (Phi) is 12.3. The number of benzene rings is 3. The van der Waals surface area contributed by atoms with Crippen LogP contribution in [-0.4, -0.2) is 66.4 Å². The lowest BCUT2D eigenvalue weighted by Gasteiger charge is -2.18. The van der Waals surface area contributed by atoms with E-state index in [0.717, 1.165) is 48.4 Å². The number of imidazole rings is 1. The summed E-state index contributed by atoms with van der Waals surface area (Å²) in [6.07, 6.45) is 5.88. The fraction of sp³-hybridized carbons (Fsp3) is 0.297. The Morgan fingerprint density at radius 1 is 0.918 bits per heavy atom. The number of hydrogen-bond donors (Lipinski definition) is 5. The van der Waals surface area contributed by atoms with Gasteiger partial charge >= 0.3 is 5.97 Å². The number of carbonyl (C=O) groups excluding carboxylic acids is 2. The van der Waals surface area contributed by atoms with Gasteiger partial charge in [-0.3, -0.25) is 19.7 Å². The molecular weight excluding hydrogens is 622 g/mol. The maximum atomic E-state index is 13.3. The Bertz CT molecular complexity index is 1890. The van der Waals surface area contributed by atoms with E-state index in [2.05, 4.69) is 55.5 Å². The normalized spacial score (nSPS) is 11.7. The first-order chi connectivity index (χ1) is 23.9. The van der Waals surface area contributed by atoms with Crippen molar-refractivity contribution < 1.29 is 19.1 Å². The predicted molar refractivity (Wildman–Crippen MR) is 190 cm³/mol. The van der Waals surface area contributed by atoms with Gasteiger partial charge in [0.2, 0.25) is 5.43 Å². The predicted octanol–water partition coefficient (Wildman–Crippen LogP) is 3.73. The first kappa shape index (κ1) is 35.0. The Morgan fingerprint density at radius 3 is 2.27 bits per heavy atom. The topological polar surface area (TPSA) is 151 Å². The van der Waals surface area contributed by atoms with Crippen LogP contribution in [0.4, 0.5) is 5.95 Å². The van der Waals surface area contributed by atoms with Crippen LogP contribution < -0.4 is 26.7 Å². The summed E-state index contributed by atoms with van der Waals surface area (Å²) in [7, 11) is 4.79. The smallest absolute Gasteiger partial charge is 0.324 e. The number of H-pyrrole nitrogens is 1. The van der Waals surface area contributed by atoms with Crippen molar-refractivity contribution in [3.8, 4) is 11.1 Å². The number of methoxy groups -OCH3 is 2. The van der Waals surface area contributed by atoms with E-state index in [9.17, 15) is 14.4 Å². The molecule has 1 unspecified atom stereocenters. The second-order valence-electron chi connectivity index (χ2n) is 11.7. The van der Waals surface area contributed by atoms with Crippen molar-refractivity contribution in [3.63, 3.8) is 0 Å². The molecule has 256 valence electrons. The van der Waals surface area contributed by atoms with Gasteiger partial charge in [-0.1, -0.05) is 54.6 Å². The van der Waals surface area contributed by atoms with Gasteiger partial charge < -0.3 is 35.0 Å². The molecule has 1 atom stereocenters. The molecule has 0 aliphatic rings. The Morgan fingerprint density at radius 2 is 1.61 bits per heavy atom. The van der Waals surface area contributed by atoms with Crippen LogP contribution in [0.5, 0.6) is 0 Å². The van der Waals surface area contributed by atoms with Gasteiger partial charge in [0.25, 0.3) is 5.91 Å².